The van der Waals surface area contributed by atoms with E-state index in [2.05, 4.69) is 27.4 Å². The van der Waals surface area contributed by atoms with Crippen molar-refractivity contribution in [1.29, 1.82) is 0 Å². The third-order valence-electron chi connectivity index (χ3n) is 5.85. The van der Waals surface area contributed by atoms with Gasteiger partial charge in [0.1, 0.15) is 0 Å². The van der Waals surface area contributed by atoms with Crippen LogP contribution in [0, 0.1) is 5.92 Å². The number of carbonyl (C=O) groups excluding carboxylic acids is 1. The molecule has 2 fully saturated rings. The molecule has 0 saturated carbocycles. The summed E-state index contributed by atoms with van der Waals surface area (Å²) in [6, 6.07) is 0.358. The van der Waals surface area contributed by atoms with E-state index >= 15 is 0 Å². The Morgan fingerprint density at radius 1 is 1.12 bits per heavy atom. The van der Waals surface area contributed by atoms with Crippen LogP contribution in [0.3, 0.4) is 0 Å². The number of rotatable bonds is 4. The second-order valence-electron chi connectivity index (χ2n) is 7.67. The fraction of sp³-hybridized carbons (Fsp3) is 0.737. The number of morpholine rings is 1. The zero-order chi connectivity index (χ0) is 17.8. The molecule has 1 aromatic heterocycles. The largest absolute Gasteiger partial charge is 0.378 e. The quantitative estimate of drug-likeness (QED) is 0.767. The molecule has 0 radical (unpaired) electrons. The molecule has 1 atom stereocenters. The smallest absolute Gasteiger partial charge is 0.276 e. The number of allylic oxidation sites excluding steroid dienone is 2. The number of aromatic nitrogens is 3. The first kappa shape index (κ1) is 17.7. The van der Waals surface area contributed by atoms with Gasteiger partial charge in [-0.3, -0.25) is 4.79 Å². The number of hydrogen-bond acceptors (Lipinski definition) is 5. The van der Waals surface area contributed by atoms with Crippen molar-refractivity contribution in [2.24, 2.45) is 5.92 Å². The first-order chi connectivity index (χ1) is 12.8. The standard InChI is InChI=1S/C19H29N5O2/c25-19(23-10-12-26-13-11-23)18-15-24(21-20-18)17-6-8-22(9-7-17)14-16-4-2-1-3-5-16/h1-2,15-17H,3-14H2. The van der Waals surface area contributed by atoms with E-state index in [0.29, 0.717) is 38.0 Å². The molecule has 1 amide bonds. The minimum Gasteiger partial charge on any atom is -0.378 e. The van der Waals surface area contributed by atoms with Crippen LogP contribution >= 0.6 is 0 Å². The highest BCUT2D eigenvalue weighted by molar-refractivity contribution is 5.92. The Balaban J connectivity index is 1.28. The summed E-state index contributed by atoms with van der Waals surface area (Å²) in [5.41, 5.74) is 0.461. The Morgan fingerprint density at radius 2 is 1.92 bits per heavy atom. The van der Waals surface area contributed by atoms with Gasteiger partial charge in [-0.25, -0.2) is 4.68 Å². The molecule has 1 unspecified atom stereocenters. The van der Waals surface area contributed by atoms with Gasteiger partial charge in [-0.15, -0.1) is 5.10 Å². The molecule has 0 bridgehead atoms. The molecule has 7 nitrogen and oxygen atoms in total. The Kier molecular flexibility index (Phi) is 5.65. The molecular weight excluding hydrogens is 330 g/mol. The second-order valence-corrected chi connectivity index (χ2v) is 7.67. The van der Waals surface area contributed by atoms with E-state index in [4.69, 9.17) is 4.74 Å². The van der Waals surface area contributed by atoms with Crippen LogP contribution in [0.2, 0.25) is 0 Å². The molecule has 0 aromatic carbocycles. The van der Waals surface area contributed by atoms with E-state index in [1.807, 2.05) is 10.9 Å². The molecule has 3 heterocycles. The van der Waals surface area contributed by atoms with Crippen molar-refractivity contribution >= 4 is 5.91 Å². The van der Waals surface area contributed by atoms with Gasteiger partial charge in [-0.2, -0.15) is 0 Å². The lowest BCUT2D eigenvalue weighted by Gasteiger charge is -2.34. The van der Waals surface area contributed by atoms with Gasteiger partial charge in [0, 0.05) is 32.7 Å². The lowest BCUT2D eigenvalue weighted by Crippen LogP contribution is -2.40. The maximum atomic E-state index is 12.5. The Hall–Kier alpha value is -1.73. The molecule has 2 saturated heterocycles. The molecule has 1 aliphatic carbocycles. The number of likely N-dealkylation sites (tertiary alicyclic amines) is 1. The van der Waals surface area contributed by atoms with Gasteiger partial charge in [0.2, 0.25) is 0 Å². The van der Waals surface area contributed by atoms with Crippen LogP contribution in [0.15, 0.2) is 18.3 Å². The molecule has 142 valence electrons. The van der Waals surface area contributed by atoms with Crippen LogP contribution in [0.5, 0.6) is 0 Å². The molecule has 2 aliphatic heterocycles. The van der Waals surface area contributed by atoms with Gasteiger partial charge in [-0.1, -0.05) is 17.4 Å². The van der Waals surface area contributed by atoms with Crippen molar-refractivity contribution in [3.05, 3.63) is 24.0 Å². The average Bonchev–Trinajstić information content (AvgIpc) is 3.20. The predicted octanol–water partition coefficient (Wildman–Crippen LogP) is 1.74. The fourth-order valence-electron chi connectivity index (χ4n) is 4.24. The summed E-state index contributed by atoms with van der Waals surface area (Å²) in [5.74, 6) is 0.794. The minimum atomic E-state index is -0.0256. The molecule has 26 heavy (non-hydrogen) atoms. The summed E-state index contributed by atoms with van der Waals surface area (Å²) in [6.45, 7) is 5.93. The summed E-state index contributed by atoms with van der Waals surface area (Å²) >= 11 is 0. The highest BCUT2D eigenvalue weighted by Crippen LogP contribution is 2.25. The summed E-state index contributed by atoms with van der Waals surface area (Å²) < 4.78 is 7.22. The van der Waals surface area contributed by atoms with E-state index in [1.165, 1.54) is 25.8 Å². The lowest BCUT2D eigenvalue weighted by molar-refractivity contribution is 0.0299. The van der Waals surface area contributed by atoms with E-state index in [9.17, 15) is 4.79 Å². The van der Waals surface area contributed by atoms with Crippen molar-refractivity contribution < 1.29 is 9.53 Å². The van der Waals surface area contributed by atoms with Crippen molar-refractivity contribution in [2.75, 3.05) is 45.9 Å². The number of nitrogens with zero attached hydrogens (tertiary/aromatic N) is 5. The van der Waals surface area contributed by atoms with E-state index in [-0.39, 0.29) is 5.91 Å². The predicted molar refractivity (Wildman–Crippen MR) is 97.9 cm³/mol. The second kappa shape index (κ2) is 8.31. The SMILES string of the molecule is O=C(c1cn(C2CCN(CC3CC=CCC3)CC2)nn1)N1CCOCC1. The first-order valence-electron chi connectivity index (χ1n) is 9.96. The van der Waals surface area contributed by atoms with E-state index in [1.54, 1.807) is 4.90 Å². The van der Waals surface area contributed by atoms with Gasteiger partial charge in [0.25, 0.3) is 5.91 Å². The first-order valence-corrected chi connectivity index (χ1v) is 9.96. The average molecular weight is 359 g/mol. The fourth-order valence-corrected chi connectivity index (χ4v) is 4.24. The van der Waals surface area contributed by atoms with Crippen LogP contribution in [0.4, 0.5) is 0 Å². The molecule has 4 rings (SSSR count). The Labute approximate surface area is 155 Å². The van der Waals surface area contributed by atoms with Crippen LogP contribution in [-0.4, -0.2) is 76.6 Å². The summed E-state index contributed by atoms with van der Waals surface area (Å²) in [6.07, 6.45) is 12.4. The van der Waals surface area contributed by atoms with Crippen molar-refractivity contribution in [2.45, 2.75) is 38.1 Å². The number of hydrogen-bond donors (Lipinski definition) is 0. The highest BCUT2D eigenvalue weighted by atomic mass is 16.5. The summed E-state index contributed by atoms with van der Waals surface area (Å²) in [4.78, 5) is 16.9. The third-order valence-corrected chi connectivity index (χ3v) is 5.85. The van der Waals surface area contributed by atoms with Crippen LogP contribution in [0.1, 0.15) is 48.6 Å². The summed E-state index contributed by atoms with van der Waals surface area (Å²) in [7, 11) is 0. The zero-order valence-corrected chi connectivity index (χ0v) is 15.4. The molecule has 1 aromatic rings. The maximum absolute atomic E-state index is 12.5. The van der Waals surface area contributed by atoms with Gasteiger partial charge in [0.15, 0.2) is 5.69 Å². The number of ether oxygens (including phenoxy) is 1. The maximum Gasteiger partial charge on any atom is 0.276 e. The monoisotopic (exact) mass is 359 g/mol. The Bertz CT molecular complexity index is 630. The van der Waals surface area contributed by atoms with Crippen molar-refractivity contribution in [1.82, 2.24) is 24.8 Å². The molecule has 7 heteroatoms. The topological polar surface area (TPSA) is 63.5 Å². The van der Waals surface area contributed by atoms with Crippen molar-refractivity contribution in [3.8, 4) is 0 Å². The van der Waals surface area contributed by atoms with E-state index < -0.39 is 0 Å². The van der Waals surface area contributed by atoms with Gasteiger partial charge >= 0.3 is 0 Å². The number of piperidine rings is 1. The van der Waals surface area contributed by atoms with Crippen molar-refractivity contribution in [3.63, 3.8) is 0 Å². The van der Waals surface area contributed by atoms with Crippen LogP contribution in [-0.2, 0) is 4.74 Å². The van der Waals surface area contributed by atoms with Crippen LogP contribution in [0.25, 0.3) is 0 Å². The number of carbonyl (C=O) groups is 1. The zero-order valence-electron chi connectivity index (χ0n) is 15.4. The molecule has 0 N–H and O–H groups in total. The third kappa shape index (κ3) is 4.15. The summed E-state index contributed by atoms with van der Waals surface area (Å²) in [5, 5.41) is 8.40. The highest BCUT2D eigenvalue weighted by Gasteiger charge is 2.26. The van der Waals surface area contributed by atoms with Gasteiger partial charge in [-0.05, 0) is 38.0 Å². The minimum absolute atomic E-state index is 0.0256. The molecule has 3 aliphatic rings. The molecular formula is C19H29N5O2. The van der Waals surface area contributed by atoms with Crippen LogP contribution < -0.4 is 0 Å². The normalized spacial score (nSPS) is 25.5. The number of amides is 1. The lowest BCUT2D eigenvalue weighted by atomic mass is 9.93. The van der Waals surface area contributed by atoms with Gasteiger partial charge in [0.05, 0.1) is 25.5 Å². The molecule has 0 spiro atoms. The van der Waals surface area contributed by atoms with Gasteiger partial charge < -0.3 is 14.5 Å². The Morgan fingerprint density at radius 3 is 2.65 bits per heavy atom. The van der Waals surface area contributed by atoms with E-state index in [0.717, 1.165) is 31.8 Å².